The number of allylic oxidation sites excluding steroid dienone is 6. The second-order valence-corrected chi connectivity index (χ2v) is 37.9. The Bertz CT molecular complexity index is 2160. The van der Waals surface area contributed by atoms with Crippen LogP contribution in [-0.2, 0) is 28.4 Å². The standard InChI is InChI=1S/C48H86O3.C47H84O4/c1-8-9-10-11-12-13-15-18-32-49-36-39(4)37-50-33-19-16-14-17-20-34-51-42-28-30-47(6)41(35-42)24-25-43-45-27-26-44(40(5)23-21-22-38(2)3)48(45,7)31-29-46(43)47;1-7-8-9-10-11-12-14-17-31-49-35-40(48)36-50-32-18-15-13-16-19-33-51-41-27-29-46(5)39(34-41)23-24-42-44-26-25-43(38(4)22-20-21-37(2)3)47(44,6)30-28-45(42)46/h12-13,24,38-40,42-46H,8-11,14-23,25-37H2,1-7H3;11-12,23,37-38,40-45,48H,7-10,13-22,24-36H2,1-6H3/b13-12-;12-11-/t39-,40-,42+,43+,44-,45?,46?,47+,48-;38-,40+,41+,42+,43-,44?,45?,46+,47-/m11/s1. The zero-order valence-electron chi connectivity index (χ0n) is 69.8. The number of unbranched alkanes of at least 4 members (excludes halogenated alkanes) is 16. The summed E-state index contributed by atoms with van der Waals surface area (Å²) in [5.74, 6) is 11.4. The van der Waals surface area contributed by atoms with Crippen LogP contribution in [0.5, 0.6) is 0 Å². The minimum Gasteiger partial charge on any atom is -0.388 e. The van der Waals surface area contributed by atoms with Crippen LogP contribution in [0.25, 0.3) is 0 Å². The molecule has 0 heterocycles. The third-order valence-corrected chi connectivity index (χ3v) is 29.1. The maximum Gasteiger partial charge on any atom is 0.101 e. The molecule has 592 valence electrons. The number of aliphatic hydroxyl groups excluding tert-OH is 1. The molecule has 0 saturated heterocycles. The molecule has 8 rings (SSSR count). The second kappa shape index (κ2) is 47.7. The van der Waals surface area contributed by atoms with E-state index in [0.29, 0.717) is 59.6 Å². The van der Waals surface area contributed by atoms with Gasteiger partial charge < -0.3 is 33.5 Å². The van der Waals surface area contributed by atoms with Gasteiger partial charge in [-0.1, -0.05) is 240 Å². The van der Waals surface area contributed by atoms with E-state index in [0.717, 1.165) is 149 Å². The fourth-order valence-corrected chi connectivity index (χ4v) is 23.0. The van der Waals surface area contributed by atoms with Crippen LogP contribution in [0.4, 0.5) is 0 Å². The van der Waals surface area contributed by atoms with Crippen LogP contribution >= 0.6 is 0 Å². The van der Waals surface area contributed by atoms with Crippen molar-refractivity contribution in [3.8, 4) is 0 Å². The van der Waals surface area contributed by atoms with Crippen LogP contribution in [0.15, 0.2) is 47.6 Å². The molecule has 7 heteroatoms. The quantitative estimate of drug-likeness (QED) is 0.0480. The molecule has 8 aliphatic rings. The molecule has 0 radical (unpaired) electrons. The summed E-state index contributed by atoms with van der Waals surface area (Å²) in [4.78, 5) is 0. The van der Waals surface area contributed by atoms with Crippen LogP contribution < -0.4 is 0 Å². The minimum atomic E-state index is -0.522. The van der Waals surface area contributed by atoms with Crippen molar-refractivity contribution in [2.45, 2.75) is 391 Å². The first-order valence-corrected chi connectivity index (χ1v) is 45.3. The van der Waals surface area contributed by atoms with E-state index < -0.39 is 6.10 Å². The monoisotopic (exact) mass is 1420 g/mol. The molecule has 4 unspecified atom stereocenters. The lowest BCUT2D eigenvalue weighted by Crippen LogP contribution is -2.51. The van der Waals surface area contributed by atoms with Gasteiger partial charge in [0.05, 0.1) is 38.6 Å². The molecule has 0 bridgehead atoms. The van der Waals surface area contributed by atoms with Crippen LogP contribution in [0.1, 0.15) is 373 Å². The van der Waals surface area contributed by atoms with Crippen LogP contribution in [0.2, 0.25) is 0 Å². The van der Waals surface area contributed by atoms with Crippen molar-refractivity contribution in [2.24, 2.45) is 98.6 Å². The number of hydrogen-bond acceptors (Lipinski definition) is 7. The van der Waals surface area contributed by atoms with Gasteiger partial charge in [0.2, 0.25) is 0 Å². The first-order valence-electron chi connectivity index (χ1n) is 45.3. The zero-order valence-corrected chi connectivity index (χ0v) is 69.8. The topological polar surface area (TPSA) is 75.6 Å². The molecule has 1 N–H and O–H groups in total. The highest BCUT2D eigenvalue weighted by atomic mass is 16.5. The third kappa shape index (κ3) is 27.6. The molecular formula is C95H170O7. The predicted molar refractivity (Wildman–Crippen MR) is 435 cm³/mol. The number of aliphatic hydroxyl groups is 1. The summed E-state index contributed by atoms with van der Waals surface area (Å²) in [6, 6.07) is 0. The molecule has 102 heavy (non-hydrogen) atoms. The number of rotatable bonds is 52. The Labute approximate surface area is 633 Å². The van der Waals surface area contributed by atoms with Crippen molar-refractivity contribution in [3.05, 3.63) is 47.6 Å². The molecule has 6 saturated carbocycles. The van der Waals surface area contributed by atoms with Crippen LogP contribution in [0.3, 0.4) is 0 Å². The SMILES string of the molecule is CCCCC/C=C\CCCOC[C@@H](C)COCCCCCCCO[C@H]1CC[C@@]2(C)C(=CC[C@@H]3C2CC[C@@]2(C)C3CC[C@@H]2[C@H](C)CCCC(C)C)C1.CCCCC/C=C\CCCOC[C@H](O)COCCCCCCCO[C@H]1CC[C@@]2(C)C(=CC[C@@H]3C2CC[C@@]2(C)C3CC[C@@H]2[C@H](C)CCCC(C)C)C1. The summed E-state index contributed by atoms with van der Waals surface area (Å²) in [5.41, 5.74) is 5.56. The van der Waals surface area contributed by atoms with Crippen molar-refractivity contribution in [1.29, 1.82) is 0 Å². The van der Waals surface area contributed by atoms with Gasteiger partial charge in [-0.25, -0.2) is 0 Å². The predicted octanol–water partition coefficient (Wildman–Crippen LogP) is 26.6. The Kier molecular flexibility index (Phi) is 41.1. The van der Waals surface area contributed by atoms with Gasteiger partial charge in [-0.05, 0) is 272 Å². The van der Waals surface area contributed by atoms with E-state index in [4.69, 9.17) is 28.4 Å². The minimum absolute atomic E-state index is 0.372. The summed E-state index contributed by atoms with van der Waals surface area (Å²) in [6.45, 7) is 39.7. The van der Waals surface area contributed by atoms with E-state index in [9.17, 15) is 5.11 Å². The van der Waals surface area contributed by atoms with Crippen molar-refractivity contribution in [2.75, 3.05) is 66.1 Å². The van der Waals surface area contributed by atoms with Gasteiger partial charge in [0.25, 0.3) is 0 Å². The van der Waals surface area contributed by atoms with Gasteiger partial charge in [-0.2, -0.15) is 0 Å². The zero-order chi connectivity index (χ0) is 73.1. The Morgan fingerprint density at radius 2 is 0.765 bits per heavy atom. The second-order valence-electron chi connectivity index (χ2n) is 37.9. The van der Waals surface area contributed by atoms with E-state index in [1.807, 2.05) is 0 Å². The molecule has 0 amide bonds. The van der Waals surface area contributed by atoms with Crippen LogP contribution in [0, 0.1) is 98.6 Å². The summed E-state index contributed by atoms with van der Waals surface area (Å²) in [6.07, 6.45) is 72.5. The smallest absolute Gasteiger partial charge is 0.101 e. The molecule has 18 atom stereocenters. The number of ether oxygens (including phenoxy) is 6. The highest BCUT2D eigenvalue weighted by molar-refractivity contribution is 5.27. The van der Waals surface area contributed by atoms with E-state index in [2.05, 4.69) is 126 Å². The van der Waals surface area contributed by atoms with Crippen molar-refractivity contribution in [3.63, 3.8) is 0 Å². The number of fused-ring (bicyclic) bond motifs is 10. The molecule has 0 aromatic rings. The fraction of sp³-hybridized carbons (Fsp3) is 0.916. The molecule has 0 aromatic carbocycles. The van der Waals surface area contributed by atoms with E-state index in [-0.39, 0.29) is 0 Å². The maximum absolute atomic E-state index is 10.1. The van der Waals surface area contributed by atoms with Crippen molar-refractivity contribution in [1.82, 2.24) is 0 Å². The lowest BCUT2D eigenvalue weighted by atomic mass is 9.47. The summed E-state index contributed by atoms with van der Waals surface area (Å²) >= 11 is 0. The highest BCUT2D eigenvalue weighted by Crippen LogP contribution is 2.69. The van der Waals surface area contributed by atoms with Crippen molar-refractivity contribution >= 4 is 0 Å². The number of hydrogen-bond donors (Lipinski definition) is 1. The Hall–Kier alpha value is -1.32. The highest BCUT2D eigenvalue weighted by Gasteiger charge is 2.61. The Morgan fingerprint density at radius 3 is 1.17 bits per heavy atom. The molecule has 8 aliphatic carbocycles. The lowest BCUT2D eigenvalue weighted by molar-refractivity contribution is -0.0641. The summed E-state index contributed by atoms with van der Waals surface area (Å²) in [7, 11) is 0. The normalized spacial score (nSPS) is 31.8. The van der Waals surface area contributed by atoms with E-state index >= 15 is 0 Å². The largest absolute Gasteiger partial charge is 0.388 e. The summed E-state index contributed by atoms with van der Waals surface area (Å²) < 4.78 is 36.3. The van der Waals surface area contributed by atoms with Gasteiger partial charge in [0, 0.05) is 45.6 Å². The Balaban J connectivity index is 0.000000286. The fourth-order valence-electron chi connectivity index (χ4n) is 23.0. The third-order valence-electron chi connectivity index (χ3n) is 29.1. The molecule has 6 fully saturated rings. The molecule has 0 spiro atoms. The van der Waals surface area contributed by atoms with Gasteiger partial charge in [0.1, 0.15) is 6.10 Å². The molecule has 0 aromatic heterocycles. The molecule has 0 aliphatic heterocycles. The molecular weight excluding hydrogens is 1250 g/mol. The maximum atomic E-state index is 10.1. The average molecular weight is 1420 g/mol. The van der Waals surface area contributed by atoms with E-state index in [1.54, 1.807) is 11.1 Å². The average Bonchev–Trinajstić information content (AvgIpc) is 1.40. The van der Waals surface area contributed by atoms with Gasteiger partial charge >= 0.3 is 0 Å². The van der Waals surface area contributed by atoms with Gasteiger partial charge in [-0.3, -0.25) is 0 Å². The first-order chi connectivity index (χ1) is 49.4. The Morgan fingerprint density at radius 1 is 0.392 bits per heavy atom. The van der Waals surface area contributed by atoms with Crippen LogP contribution in [-0.4, -0.2) is 89.5 Å². The van der Waals surface area contributed by atoms with Gasteiger partial charge in [-0.15, -0.1) is 0 Å². The first kappa shape index (κ1) is 87.9. The van der Waals surface area contributed by atoms with Crippen molar-refractivity contribution < 1.29 is 33.5 Å². The van der Waals surface area contributed by atoms with Gasteiger partial charge in [0.15, 0.2) is 0 Å². The van der Waals surface area contributed by atoms with E-state index in [1.165, 1.54) is 250 Å². The summed E-state index contributed by atoms with van der Waals surface area (Å²) in [5, 5.41) is 10.1. The lowest BCUT2D eigenvalue weighted by Gasteiger charge is -2.58. The molecule has 7 nitrogen and oxygen atoms in total.